The number of nitrogens with one attached hydrogen (secondary N) is 2. The minimum atomic E-state index is -1.07. The van der Waals surface area contributed by atoms with Gasteiger partial charge in [-0.1, -0.05) is 23.7 Å². The van der Waals surface area contributed by atoms with Gasteiger partial charge in [0.1, 0.15) is 16.3 Å². The highest BCUT2D eigenvalue weighted by molar-refractivity contribution is 7.99. The van der Waals surface area contributed by atoms with Crippen LogP contribution < -0.4 is 16.1 Å². The molecule has 39 heavy (non-hydrogen) atoms. The second kappa shape index (κ2) is 12.9. The number of benzene rings is 1. The third-order valence-corrected chi connectivity index (χ3v) is 7.25. The molecule has 0 spiro atoms. The maximum Gasteiger partial charge on any atom is 0.338 e. The summed E-state index contributed by atoms with van der Waals surface area (Å²) in [5.41, 5.74) is 0.923. The molecule has 3 heterocycles. The lowest BCUT2D eigenvalue weighted by molar-refractivity contribution is 0.0691. The normalized spacial score (nSPS) is 12.0. The van der Waals surface area contributed by atoms with Gasteiger partial charge in [-0.05, 0) is 35.9 Å². The molecule has 1 atom stereocenters. The number of halogens is 1. The van der Waals surface area contributed by atoms with Crippen LogP contribution in [0, 0.1) is 0 Å². The number of carbonyl (C=O) groups excluding carboxylic acids is 1. The smallest absolute Gasteiger partial charge is 0.338 e. The summed E-state index contributed by atoms with van der Waals surface area (Å²) in [4.78, 5) is 41.1. The summed E-state index contributed by atoms with van der Waals surface area (Å²) in [5, 5.41) is 26.7. The molecule has 0 fully saturated rings. The number of aromatic carboxylic acids is 1. The summed E-state index contributed by atoms with van der Waals surface area (Å²) in [6.45, 7) is 1.01. The van der Waals surface area contributed by atoms with Crippen molar-refractivity contribution in [2.75, 3.05) is 18.8 Å². The molecular weight excluding hydrogens is 544 g/mol. The molecule has 12 heteroatoms. The van der Waals surface area contributed by atoms with Crippen molar-refractivity contribution in [1.82, 2.24) is 20.2 Å². The number of furan rings is 1. The summed E-state index contributed by atoms with van der Waals surface area (Å²) >= 11 is 7.07. The third-order valence-electron chi connectivity index (χ3n) is 5.85. The predicted octanol–water partition coefficient (Wildman–Crippen LogP) is 3.09. The van der Waals surface area contributed by atoms with E-state index in [0.29, 0.717) is 39.9 Å². The molecule has 204 valence electrons. The molecule has 0 aliphatic carbocycles. The van der Waals surface area contributed by atoms with Gasteiger partial charge >= 0.3 is 5.97 Å². The minimum Gasteiger partial charge on any atom is -0.478 e. The van der Waals surface area contributed by atoms with E-state index in [1.54, 1.807) is 48.0 Å². The molecular formula is C27H27ClN4O6S. The Morgan fingerprint density at radius 2 is 1.97 bits per heavy atom. The van der Waals surface area contributed by atoms with Gasteiger partial charge in [0.2, 0.25) is 11.1 Å². The van der Waals surface area contributed by atoms with Crippen molar-refractivity contribution in [1.29, 1.82) is 0 Å². The number of hydrogen-bond acceptors (Lipinski definition) is 8. The summed E-state index contributed by atoms with van der Waals surface area (Å²) in [6, 6.07) is 11.7. The van der Waals surface area contributed by atoms with Gasteiger partial charge in [0.15, 0.2) is 0 Å². The fourth-order valence-electron chi connectivity index (χ4n) is 3.86. The van der Waals surface area contributed by atoms with Crippen molar-refractivity contribution in [2.45, 2.75) is 24.1 Å². The molecule has 1 unspecified atom stereocenters. The highest BCUT2D eigenvalue weighted by Crippen LogP contribution is 2.21. The standard InChI is InChI=1S/C27H27ClN4O6S/c1-32-14-22(24(35)31-12-16-4-6-17(28)7-5-16)23(34)21-11-19(38-26(21)32)8-10-29-13-18(33)15-39-25-20(27(36)37)3-2-9-30-25/h2-7,9,11,14,18,29,33H,8,10,12-13,15H2,1H3,(H,31,35)(H,36,37). The topological polar surface area (TPSA) is 147 Å². The van der Waals surface area contributed by atoms with Crippen LogP contribution in [0.2, 0.25) is 5.02 Å². The van der Waals surface area contributed by atoms with Gasteiger partial charge < -0.3 is 29.8 Å². The van der Waals surface area contributed by atoms with E-state index in [1.165, 1.54) is 30.2 Å². The van der Waals surface area contributed by atoms with Crippen molar-refractivity contribution in [3.05, 3.63) is 92.6 Å². The monoisotopic (exact) mass is 570 g/mol. The first-order valence-corrected chi connectivity index (χ1v) is 13.4. The number of carboxylic acid groups (broad SMARTS) is 1. The van der Waals surface area contributed by atoms with Crippen LogP contribution in [-0.2, 0) is 20.0 Å². The van der Waals surface area contributed by atoms with Crippen LogP contribution in [0.5, 0.6) is 0 Å². The van der Waals surface area contributed by atoms with Crippen LogP contribution in [0.1, 0.15) is 32.0 Å². The van der Waals surface area contributed by atoms with E-state index in [-0.39, 0.29) is 30.0 Å². The second-order valence-corrected chi connectivity index (χ2v) is 10.2. The Balaban J connectivity index is 1.30. The molecule has 1 amide bonds. The van der Waals surface area contributed by atoms with Crippen molar-refractivity contribution < 1.29 is 24.2 Å². The summed E-state index contributed by atoms with van der Waals surface area (Å²) in [6.07, 6.45) is 2.69. The number of aromatic nitrogens is 2. The second-order valence-electron chi connectivity index (χ2n) is 8.80. The third kappa shape index (κ3) is 7.27. The SMILES string of the molecule is Cn1cc(C(=O)NCc2ccc(Cl)cc2)c(=O)c2cc(CCNCC(O)CSc3ncccc3C(=O)O)oc21. The molecule has 4 aromatic rings. The highest BCUT2D eigenvalue weighted by atomic mass is 35.5. The summed E-state index contributed by atoms with van der Waals surface area (Å²) < 4.78 is 7.46. The molecule has 3 aromatic heterocycles. The molecule has 4 rings (SSSR count). The number of aliphatic hydroxyl groups excluding tert-OH is 1. The number of pyridine rings is 2. The van der Waals surface area contributed by atoms with Gasteiger partial charge in [0, 0.05) is 56.3 Å². The fraction of sp³-hybridized carbons (Fsp3) is 0.259. The van der Waals surface area contributed by atoms with Crippen LogP contribution in [-0.4, -0.2) is 56.6 Å². The van der Waals surface area contributed by atoms with E-state index >= 15 is 0 Å². The number of aryl methyl sites for hydroxylation is 1. The molecule has 10 nitrogen and oxygen atoms in total. The molecule has 0 saturated heterocycles. The van der Waals surface area contributed by atoms with Gasteiger partial charge in [-0.2, -0.15) is 0 Å². The number of amides is 1. The first kappa shape index (κ1) is 28.4. The average molecular weight is 571 g/mol. The Morgan fingerprint density at radius 1 is 1.21 bits per heavy atom. The van der Waals surface area contributed by atoms with E-state index in [4.69, 9.17) is 16.0 Å². The zero-order chi connectivity index (χ0) is 27.9. The summed E-state index contributed by atoms with van der Waals surface area (Å²) in [5.74, 6) is -0.714. The lowest BCUT2D eigenvalue weighted by atomic mass is 10.1. The highest BCUT2D eigenvalue weighted by Gasteiger charge is 2.18. The van der Waals surface area contributed by atoms with Gasteiger partial charge in [-0.15, -0.1) is 11.8 Å². The van der Waals surface area contributed by atoms with Crippen LogP contribution in [0.15, 0.2) is 69.1 Å². The van der Waals surface area contributed by atoms with E-state index in [1.807, 2.05) is 0 Å². The Kier molecular flexibility index (Phi) is 9.41. The van der Waals surface area contributed by atoms with E-state index in [9.17, 15) is 24.6 Å². The molecule has 0 radical (unpaired) electrons. The number of fused-ring (bicyclic) bond motifs is 1. The Bertz CT molecular complexity index is 1540. The van der Waals surface area contributed by atoms with Gasteiger partial charge in [-0.25, -0.2) is 9.78 Å². The molecule has 0 aliphatic rings. The number of rotatable bonds is 12. The lowest BCUT2D eigenvalue weighted by Gasteiger charge is -2.11. The average Bonchev–Trinajstić information content (AvgIpc) is 3.37. The number of carbonyl (C=O) groups is 2. The van der Waals surface area contributed by atoms with Crippen LogP contribution in [0.4, 0.5) is 0 Å². The minimum absolute atomic E-state index is 0.0176. The van der Waals surface area contributed by atoms with E-state index in [0.717, 1.165) is 5.56 Å². The number of nitrogens with zero attached hydrogens (tertiary/aromatic N) is 2. The van der Waals surface area contributed by atoms with Crippen molar-refractivity contribution in [2.24, 2.45) is 7.05 Å². The van der Waals surface area contributed by atoms with Crippen LogP contribution >= 0.6 is 23.4 Å². The zero-order valence-electron chi connectivity index (χ0n) is 21.0. The lowest BCUT2D eigenvalue weighted by Crippen LogP contribution is -2.30. The molecule has 0 saturated carbocycles. The Hall–Kier alpha value is -3.64. The molecule has 0 aliphatic heterocycles. The van der Waals surface area contributed by atoms with Crippen molar-refractivity contribution >= 4 is 46.3 Å². The van der Waals surface area contributed by atoms with Crippen molar-refractivity contribution in [3.63, 3.8) is 0 Å². The van der Waals surface area contributed by atoms with Gasteiger partial charge in [0.25, 0.3) is 5.91 Å². The van der Waals surface area contributed by atoms with Gasteiger partial charge in [0.05, 0.1) is 17.1 Å². The molecule has 0 bridgehead atoms. The number of thioether (sulfide) groups is 1. The van der Waals surface area contributed by atoms with Crippen LogP contribution in [0.3, 0.4) is 0 Å². The number of aliphatic hydroxyl groups is 1. The molecule has 1 aromatic carbocycles. The first-order chi connectivity index (χ1) is 18.7. The summed E-state index contributed by atoms with van der Waals surface area (Å²) in [7, 11) is 1.70. The maximum absolute atomic E-state index is 13.0. The molecule has 4 N–H and O–H groups in total. The van der Waals surface area contributed by atoms with E-state index in [2.05, 4.69) is 15.6 Å². The fourth-order valence-corrected chi connectivity index (χ4v) is 4.90. The maximum atomic E-state index is 13.0. The quantitative estimate of drug-likeness (QED) is 0.149. The Morgan fingerprint density at radius 3 is 2.72 bits per heavy atom. The van der Waals surface area contributed by atoms with Crippen molar-refractivity contribution in [3.8, 4) is 0 Å². The Labute approximate surface area is 233 Å². The van der Waals surface area contributed by atoms with E-state index < -0.39 is 23.4 Å². The largest absolute Gasteiger partial charge is 0.478 e. The zero-order valence-corrected chi connectivity index (χ0v) is 22.6. The predicted molar refractivity (Wildman–Crippen MR) is 149 cm³/mol. The first-order valence-electron chi connectivity index (χ1n) is 12.1. The number of hydrogen-bond donors (Lipinski definition) is 4. The number of carboxylic acids is 1. The van der Waals surface area contributed by atoms with Crippen LogP contribution in [0.25, 0.3) is 11.1 Å². The van der Waals surface area contributed by atoms with Gasteiger partial charge in [-0.3, -0.25) is 9.59 Å².